The van der Waals surface area contributed by atoms with Crippen molar-refractivity contribution in [2.45, 2.75) is 119 Å². The highest BCUT2D eigenvalue weighted by Gasteiger charge is 2.73. The first-order valence-corrected chi connectivity index (χ1v) is 21.3. The SMILES string of the molecule is c1cc2c(c3c1C1CC14CC1CC3CC14)c1cc3cc4c(cc3c3c5c6c(ncc5n2c13)C1CC2CC(C1)CC6C2)C1CC2CC3(CC43)C2C1. The molecule has 3 aromatic heterocycles. The summed E-state index contributed by atoms with van der Waals surface area (Å²) in [6.45, 7) is 0. The first-order valence-electron chi connectivity index (χ1n) is 21.3. The van der Waals surface area contributed by atoms with E-state index in [1.54, 1.807) is 66.5 Å². The maximum Gasteiger partial charge on any atom is 0.0728 e. The van der Waals surface area contributed by atoms with E-state index in [0.717, 1.165) is 59.2 Å². The predicted octanol–water partition coefficient (Wildman–Crippen LogP) is 11.8. The molecule has 6 aromatic rings. The molecule has 0 radical (unpaired) electrons. The molecule has 0 aliphatic heterocycles. The van der Waals surface area contributed by atoms with Crippen molar-refractivity contribution in [2.75, 3.05) is 0 Å². The summed E-state index contributed by atoms with van der Waals surface area (Å²) in [4.78, 5) is 5.58. The molecule has 0 N–H and O–H groups in total. The fourth-order valence-electron chi connectivity index (χ4n) is 18.3. The molecular weight excluding hydrogens is 605 g/mol. The van der Waals surface area contributed by atoms with Gasteiger partial charge in [0.1, 0.15) is 0 Å². The molecule has 0 amide bonds. The Bertz CT molecular complexity index is 2700. The normalized spacial score (nSPS) is 46.7. The van der Waals surface area contributed by atoms with Crippen molar-refractivity contribution in [2.24, 2.45) is 46.3 Å². The maximum atomic E-state index is 5.58. The van der Waals surface area contributed by atoms with E-state index >= 15 is 0 Å². The molecule has 12 aliphatic carbocycles. The van der Waals surface area contributed by atoms with E-state index in [4.69, 9.17) is 4.98 Å². The number of benzene rings is 3. The zero-order valence-corrected chi connectivity index (χ0v) is 29.0. The van der Waals surface area contributed by atoms with E-state index in [1.807, 2.05) is 5.56 Å². The predicted molar refractivity (Wildman–Crippen MR) is 199 cm³/mol. The highest BCUT2D eigenvalue weighted by molar-refractivity contribution is 6.32. The van der Waals surface area contributed by atoms with Gasteiger partial charge in [0.2, 0.25) is 0 Å². The molecule has 246 valence electrons. The number of nitrogens with zero attached hydrogens (tertiary/aromatic N) is 2. The molecule has 12 unspecified atom stereocenters. The van der Waals surface area contributed by atoms with Gasteiger partial charge < -0.3 is 4.40 Å². The van der Waals surface area contributed by atoms with Gasteiger partial charge in [0.15, 0.2) is 0 Å². The third-order valence-corrected chi connectivity index (χ3v) is 19.8. The average molecular weight is 649 g/mol. The molecule has 2 nitrogen and oxygen atoms in total. The zero-order valence-electron chi connectivity index (χ0n) is 29.0. The molecule has 8 saturated carbocycles. The Hall–Kier alpha value is -3.13. The minimum atomic E-state index is 0.682. The van der Waals surface area contributed by atoms with Gasteiger partial charge >= 0.3 is 0 Å². The molecule has 2 spiro atoms. The quantitative estimate of drug-likeness (QED) is 0.160. The smallest absolute Gasteiger partial charge is 0.0728 e. The number of pyridine rings is 1. The topological polar surface area (TPSA) is 17.3 Å². The number of hydrogen-bond donors (Lipinski definition) is 0. The Kier molecular flexibility index (Phi) is 3.62. The van der Waals surface area contributed by atoms with Gasteiger partial charge in [-0.25, -0.2) is 0 Å². The summed E-state index contributed by atoms with van der Waals surface area (Å²) in [6, 6.07) is 13.6. The minimum Gasteiger partial charge on any atom is -0.306 e. The van der Waals surface area contributed by atoms with E-state index in [-0.39, 0.29) is 0 Å². The second kappa shape index (κ2) is 7.25. The largest absolute Gasteiger partial charge is 0.306 e. The van der Waals surface area contributed by atoms with Crippen molar-refractivity contribution in [1.29, 1.82) is 0 Å². The Balaban J connectivity index is 1.06. The van der Waals surface area contributed by atoms with Crippen LogP contribution in [0.4, 0.5) is 0 Å². The van der Waals surface area contributed by atoms with Crippen LogP contribution >= 0.6 is 0 Å². The zero-order chi connectivity index (χ0) is 31.3. The lowest BCUT2D eigenvalue weighted by Gasteiger charge is -2.43. The van der Waals surface area contributed by atoms with Gasteiger partial charge in [0.05, 0.1) is 22.7 Å². The van der Waals surface area contributed by atoms with Crippen LogP contribution in [0.2, 0.25) is 0 Å². The second-order valence-electron chi connectivity index (χ2n) is 21.2. The third-order valence-electron chi connectivity index (χ3n) is 19.8. The average Bonchev–Trinajstić information content (AvgIpc) is 3.88. The van der Waals surface area contributed by atoms with Gasteiger partial charge in [-0.15, -0.1) is 0 Å². The van der Waals surface area contributed by atoms with Crippen LogP contribution in [0.3, 0.4) is 0 Å². The van der Waals surface area contributed by atoms with Crippen LogP contribution in [0.15, 0.2) is 36.5 Å². The monoisotopic (exact) mass is 648 g/mol. The summed E-state index contributed by atoms with van der Waals surface area (Å²) >= 11 is 0. The second-order valence-corrected chi connectivity index (χ2v) is 21.2. The van der Waals surface area contributed by atoms with E-state index in [9.17, 15) is 0 Å². The van der Waals surface area contributed by atoms with Gasteiger partial charge in [0.25, 0.3) is 0 Å². The van der Waals surface area contributed by atoms with Crippen molar-refractivity contribution in [1.82, 2.24) is 9.38 Å². The molecule has 3 aromatic carbocycles. The van der Waals surface area contributed by atoms with Crippen molar-refractivity contribution >= 4 is 48.9 Å². The van der Waals surface area contributed by atoms with Gasteiger partial charge in [-0.05, 0) is 216 Å². The first-order chi connectivity index (χ1) is 24.6. The Morgan fingerprint density at radius 3 is 2.14 bits per heavy atom. The highest BCUT2D eigenvalue weighted by Crippen LogP contribution is 2.83. The molecule has 0 saturated heterocycles. The minimum absolute atomic E-state index is 0.682. The Labute approximate surface area is 292 Å². The summed E-state index contributed by atoms with van der Waals surface area (Å²) in [7, 11) is 0. The summed E-state index contributed by atoms with van der Waals surface area (Å²) in [5, 5.41) is 9.70. The van der Waals surface area contributed by atoms with Crippen LogP contribution in [-0.4, -0.2) is 9.38 Å². The fourth-order valence-corrected chi connectivity index (χ4v) is 18.3. The lowest BCUT2D eigenvalue weighted by Crippen LogP contribution is -2.35. The van der Waals surface area contributed by atoms with Crippen LogP contribution in [0.1, 0.15) is 152 Å². The molecule has 3 heterocycles. The lowest BCUT2D eigenvalue weighted by atomic mass is 9.62. The highest BCUT2D eigenvalue weighted by atomic mass is 14.9. The van der Waals surface area contributed by atoms with Gasteiger partial charge in [-0.1, -0.05) is 12.1 Å². The van der Waals surface area contributed by atoms with Crippen LogP contribution < -0.4 is 0 Å². The van der Waals surface area contributed by atoms with E-state index in [2.05, 4.69) is 40.9 Å². The van der Waals surface area contributed by atoms with Crippen molar-refractivity contribution in [3.8, 4) is 0 Å². The maximum absolute atomic E-state index is 5.58. The van der Waals surface area contributed by atoms with E-state index < -0.39 is 0 Å². The lowest BCUT2D eigenvalue weighted by molar-refractivity contribution is 0.0724. The molecule has 8 fully saturated rings. The Morgan fingerprint density at radius 2 is 1.30 bits per heavy atom. The van der Waals surface area contributed by atoms with E-state index in [0.29, 0.717) is 22.7 Å². The standard InChI is InChI=1S/C48H44N2/c1-2-38-42(40-25-9-28-16-47(35(28)13-25)17-36(47)29(1)40)33-11-23-10-32-30(22-8-27-15-48(18-37(32)48)34(27)12-22)14-31(23)43-44-39(50(38)46(33)43)19-49-45-26-6-20-3-21(7-26)5-24(4-20)41(44)45/h1-2,10-11,14,19-22,24-28,34-37H,3-9,12-13,15-18H2. The molecule has 2 heteroatoms. The summed E-state index contributed by atoms with van der Waals surface area (Å²) in [5.74, 6) is 10.6. The molecule has 50 heavy (non-hydrogen) atoms. The molecule has 12 aliphatic rings. The van der Waals surface area contributed by atoms with Crippen molar-refractivity contribution < 1.29 is 0 Å². The third kappa shape index (κ3) is 2.37. The number of fused-ring (bicyclic) bond motifs is 17. The van der Waals surface area contributed by atoms with Crippen LogP contribution in [0.25, 0.3) is 48.9 Å². The molecule has 18 rings (SSSR count). The number of hydrogen-bond acceptors (Lipinski definition) is 1. The van der Waals surface area contributed by atoms with Crippen LogP contribution in [-0.2, 0) is 0 Å². The van der Waals surface area contributed by atoms with E-state index in [1.165, 1.54) is 93.8 Å². The Morgan fingerprint density at radius 1 is 0.560 bits per heavy atom. The number of aromatic nitrogens is 2. The number of rotatable bonds is 0. The molecule has 8 bridgehead atoms. The first kappa shape index (κ1) is 24.9. The van der Waals surface area contributed by atoms with Crippen LogP contribution in [0, 0.1) is 46.3 Å². The molecular formula is C48H44N2. The summed E-state index contributed by atoms with van der Waals surface area (Å²) in [5.41, 5.74) is 16.3. The summed E-state index contributed by atoms with van der Waals surface area (Å²) < 4.78 is 2.79. The van der Waals surface area contributed by atoms with Gasteiger partial charge in [-0.2, -0.15) is 0 Å². The fraction of sp³-hybridized carbons (Fsp3) is 0.562. The summed E-state index contributed by atoms with van der Waals surface area (Å²) in [6.07, 6.45) is 21.4. The molecule has 12 atom stereocenters. The van der Waals surface area contributed by atoms with Crippen molar-refractivity contribution in [3.63, 3.8) is 0 Å². The van der Waals surface area contributed by atoms with Crippen molar-refractivity contribution in [3.05, 3.63) is 70.0 Å². The van der Waals surface area contributed by atoms with Crippen LogP contribution in [0.5, 0.6) is 0 Å². The van der Waals surface area contributed by atoms with Gasteiger partial charge in [0, 0.05) is 33.2 Å². The van der Waals surface area contributed by atoms with Gasteiger partial charge in [-0.3, -0.25) is 4.98 Å².